The average Bonchev–Trinajstić information content (AvgIpc) is 3.09. The van der Waals surface area contributed by atoms with Crippen LogP contribution in [-0.4, -0.2) is 44.1 Å². The highest BCUT2D eigenvalue weighted by molar-refractivity contribution is 5.73. The number of carbonyl (C=O) groups excluding carboxylic acids is 1. The summed E-state index contributed by atoms with van der Waals surface area (Å²) in [5.74, 6) is 0.652. The predicted octanol–water partition coefficient (Wildman–Crippen LogP) is 1.59. The first kappa shape index (κ1) is 13.7. The Morgan fingerprint density at radius 2 is 2.24 bits per heavy atom. The number of hydrogen-bond donors (Lipinski definition) is 1. The summed E-state index contributed by atoms with van der Waals surface area (Å²) in [7, 11) is 0. The van der Waals surface area contributed by atoms with E-state index in [0.29, 0.717) is 5.92 Å². The molecule has 21 heavy (non-hydrogen) atoms. The number of likely N-dealkylation sites (tertiary alicyclic amines) is 1. The van der Waals surface area contributed by atoms with Crippen molar-refractivity contribution >= 4 is 5.91 Å². The van der Waals surface area contributed by atoms with Gasteiger partial charge in [0.05, 0.1) is 23.8 Å². The monoisotopic (exact) mass is 285 g/mol. The molecule has 0 bridgehead atoms. The zero-order chi connectivity index (χ0) is 14.8. The first-order valence-corrected chi connectivity index (χ1v) is 7.20. The Balaban J connectivity index is 1.66. The van der Waals surface area contributed by atoms with Gasteiger partial charge in [-0.15, -0.1) is 0 Å². The van der Waals surface area contributed by atoms with Crippen LogP contribution in [0.2, 0.25) is 0 Å². The van der Waals surface area contributed by atoms with E-state index in [0.717, 1.165) is 48.6 Å². The summed E-state index contributed by atoms with van der Waals surface area (Å²) >= 11 is 0. The molecule has 1 N–H and O–H groups in total. The van der Waals surface area contributed by atoms with Crippen LogP contribution >= 0.6 is 0 Å². The molecule has 1 aliphatic rings. The van der Waals surface area contributed by atoms with Gasteiger partial charge in [-0.05, 0) is 25.7 Å². The van der Waals surface area contributed by atoms with E-state index in [2.05, 4.69) is 20.2 Å². The third-order valence-electron chi connectivity index (χ3n) is 4.04. The first-order chi connectivity index (χ1) is 10.1. The van der Waals surface area contributed by atoms with E-state index in [9.17, 15) is 4.79 Å². The Labute approximate surface area is 123 Å². The van der Waals surface area contributed by atoms with E-state index in [4.69, 9.17) is 0 Å². The summed E-state index contributed by atoms with van der Waals surface area (Å²) in [4.78, 5) is 22.2. The molecule has 6 nitrogen and oxygen atoms in total. The molecule has 1 amide bonds. The van der Waals surface area contributed by atoms with E-state index in [-0.39, 0.29) is 5.91 Å². The Kier molecular flexibility index (Phi) is 3.68. The molecule has 0 radical (unpaired) electrons. The van der Waals surface area contributed by atoms with E-state index in [1.807, 2.05) is 18.0 Å². The summed E-state index contributed by atoms with van der Waals surface area (Å²) < 4.78 is 0. The number of hydrogen-bond acceptors (Lipinski definition) is 4. The SMILES string of the molecule is CC(=O)N1CC[C@@H](Cc2cnc(-c3cn[nH]c3C)cn2)C1. The molecule has 3 rings (SSSR count). The zero-order valence-electron chi connectivity index (χ0n) is 12.3. The summed E-state index contributed by atoms with van der Waals surface area (Å²) in [5, 5.41) is 6.90. The van der Waals surface area contributed by atoms with Gasteiger partial charge in [0.1, 0.15) is 0 Å². The molecular formula is C15H19N5O. The Morgan fingerprint density at radius 3 is 2.81 bits per heavy atom. The van der Waals surface area contributed by atoms with Crippen LogP contribution in [0.3, 0.4) is 0 Å². The topological polar surface area (TPSA) is 74.8 Å². The second-order valence-electron chi connectivity index (χ2n) is 5.63. The first-order valence-electron chi connectivity index (χ1n) is 7.20. The molecule has 1 saturated heterocycles. The molecule has 1 fully saturated rings. The zero-order valence-corrected chi connectivity index (χ0v) is 12.3. The second-order valence-corrected chi connectivity index (χ2v) is 5.63. The number of nitrogens with one attached hydrogen (secondary N) is 1. The van der Waals surface area contributed by atoms with Crippen LogP contribution in [0.1, 0.15) is 24.7 Å². The van der Waals surface area contributed by atoms with Crippen molar-refractivity contribution in [3.8, 4) is 11.3 Å². The van der Waals surface area contributed by atoms with Crippen molar-refractivity contribution in [1.29, 1.82) is 0 Å². The van der Waals surface area contributed by atoms with Crippen molar-refractivity contribution in [3.05, 3.63) is 30.0 Å². The Hall–Kier alpha value is -2.24. The van der Waals surface area contributed by atoms with Crippen molar-refractivity contribution in [1.82, 2.24) is 25.1 Å². The van der Waals surface area contributed by atoms with Crippen molar-refractivity contribution < 1.29 is 4.79 Å². The van der Waals surface area contributed by atoms with Gasteiger partial charge in [0.25, 0.3) is 0 Å². The number of aryl methyl sites for hydroxylation is 1. The fourth-order valence-corrected chi connectivity index (χ4v) is 2.79. The van der Waals surface area contributed by atoms with Crippen molar-refractivity contribution in [2.45, 2.75) is 26.7 Å². The van der Waals surface area contributed by atoms with Crippen LogP contribution < -0.4 is 0 Å². The molecule has 0 unspecified atom stereocenters. The van der Waals surface area contributed by atoms with Gasteiger partial charge in [0.2, 0.25) is 5.91 Å². The number of aromatic amines is 1. The fraction of sp³-hybridized carbons (Fsp3) is 0.467. The van der Waals surface area contributed by atoms with E-state index in [1.54, 1.807) is 19.3 Å². The minimum atomic E-state index is 0.161. The highest BCUT2D eigenvalue weighted by Crippen LogP contribution is 2.21. The van der Waals surface area contributed by atoms with Gasteiger partial charge in [0, 0.05) is 37.5 Å². The molecule has 3 heterocycles. The standard InChI is InChI=1S/C15H19N5O/c1-10-14(7-18-19-10)15-8-16-13(6-17-15)5-12-3-4-20(9-12)11(2)21/h6-8,12H,3-5,9H2,1-2H3,(H,18,19)/t12-/m0/s1. The molecule has 6 heteroatoms. The quantitative estimate of drug-likeness (QED) is 0.929. The highest BCUT2D eigenvalue weighted by atomic mass is 16.2. The van der Waals surface area contributed by atoms with Crippen LogP contribution in [0.15, 0.2) is 18.6 Å². The van der Waals surface area contributed by atoms with Crippen molar-refractivity contribution in [2.24, 2.45) is 5.92 Å². The smallest absolute Gasteiger partial charge is 0.219 e. The molecule has 0 saturated carbocycles. The van der Waals surface area contributed by atoms with Crippen molar-refractivity contribution in [2.75, 3.05) is 13.1 Å². The van der Waals surface area contributed by atoms with Gasteiger partial charge in [-0.2, -0.15) is 5.10 Å². The van der Waals surface area contributed by atoms with E-state index in [1.165, 1.54) is 0 Å². The number of aromatic nitrogens is 4. The molecule has 1 atom stereocenters. The van der Waals surface area contributed by atoms with Crippen LogP contribution in [0, 0.1) is 12.8 Å². The molecular weight excluding hydrogens is 266 g/mol. The van der Waals surface area contributed by atoms with Gasteiger partial charge in [-0.3, -0.25) is 19.9 Å². The van der Waals surface area contributed by atoms with Gasteiger partial charge < -0.3 is 4.90 Å². The Morgan fingerprint density at radius 1 is 1.38 bits per heavy atom. The van der Waals surface area contributed by atoms with Crippen LogP contribution in [0.25, 0.3) is 11.3 Å². The molecule has 0 aromatic carbocycles. The fourth-order valence-electron chi connectivity index (χ4n) is 2.79. The van der Waals surface area contributed by atoms with Gasteiger partial charge in [0.15, 0.2) is 0 Å². The highest BCUT2D eigenvalue weighted by Gasteiger charge is 2.24. The summed E-state index contributed by atoms with van der Waals surface area (Å²) in [6, 6.07) is 0. The Bertz CT molecular complexity index is 634. The summed E-state index contributed by atoms with van der Waals surface area (Å²) in [5.41, 5.74) is 3.79. The van der Waals surface area contributed by atoms with E-state index >= 15 is 0 Å². The number of rotatable bonds is 3. The molecule has 110 valence electrons. The number of nitrogens with zero attached hydrogens (tertiary/aromatic N) is 4. The third kappa shape index (κ3) is 2.94. The van der Waals surface area contributed by atoms with Crippen LogP contribution in [-0.2, 0) is 11.2 Å². The molecule has 0 aliphatic carbocycles. The lowest BCUT2D eigenvalue weighted by atomic mass is 10.0. The average molecular weight is 285 g/mol. The lowest BCUT2D eigenvalue weighted by Gasteiger charge is -2.13. The predicted molar refractivity (Wildman–Crippen MR) is 78.4 cm³/mol. The van der Waals surface area contributed by atoms with E-state index < -0.39 is 0 Å². The largest absolute Gasteiger partial charge is 0.343 e. The second kappa shape index (κ2) is 5.63. The van der Waals surface area contributed by atoms with Gasteiger partial charge in [-0.25, -0.2) is 0 Å². The normalized spacial score (nSPS) is 18.2. The maximum absolute atomic E-state index is 11.3. The third-order valence-corrected chi connectivity index (χ3v) is 4.04. The van der Waals surface area contributed by atoms with Gasteiger partial charge in [-0.1, -0.05) is 0 Å². The minimum absolute atomic E-state index is 0.161. The van der Waals surface area contributed by atoms with Crippen LogP contribution in [0.4, 0.5) is 0 Å². The molecule has 2 aromatic heterocycles. The molecule has 2 aromatic rings. The number of carbonyl (C=O) groups is 1. The van der Waals surface area contributed by atoms with Crippen molar-refractivity contribution in [3.63, 3.8) is 0 Å². The maximum atomic E-state index is 11.3. The lowest BCUT2D eigenvalue weighted by molar-refractivity contribution is -0.127. The molecule has 0 spiro atoms. The lowest BCUT2D eigenvalue weighted by Crippen LogP contribution is -2.26. The summed E-state index contributed by atoms with van der Waals surface area (Å²) in [6.07, 6.45) is 7.31. The van der Waals surface area contributed by atoms with Crippen LogP contribution in [0.5, 0.6) is 0 Å². The number of H-pyrrole nitrogens is 1. The summed E-state index contributed by atoms with van der Waals surface area (Å²) in [6.45, 7) is 5.29. The maximum Gasteiger partial charge on any atom is 0.219 e. The minimum Gasteiger partial charge on any atom is -0.343 e. The van der Waals surface area contributed by atoms with Gasteiger partial charge >= 0.3 is 0 Å². The molecule has 1 aliphatic heterocycles. The number of amides is 1.